The molecule has 0 aromatic heterocycles. The average molecular weight is 392 g/mol. The first kappa shape index (κ1) is 22.2. The molecule has 1 amide bonds. The smallest absolute Gasteiger partial charge is 0.408 e. The van der Waals surface area contributed by atoms with Gasteiger partial charge in [-0.05, 0) is 58.9 Å². The molecule has 2 atom stereocenters. The molecule has 156 valence electrons. The van der Waals surface area contributed by atoms with E-state index in [0.717, 1.165) is 31.2 Å². The Morgan fingerprint density at radius 3 is 2.36 bits per heavy atom. The maximum Gasteiger partial charge on any atom is 0.408 e. The number of hydrogen-bond acceptors (Lipinski definition) is 5. The van der Waals surface area contributed by atoms with Crippen molar-refractivity contribution in [3.63, 3.8) is 0 Å². The van der Waals surface area contributed by atoms with Gasteiger partial charge in [0.15, 0.2) is 6.04 Å². The first-order valence-electron chi connectivity index (χ1n) is 10.1. The Balaban J connectivity index is 2.00. The molecule has 0 spiro atoms. The van der Waals surface area contributed by atoms with Crippen molar-refractivity contribution in [1.29, 1.82) is 0 Å². The van der Waals surface area contributed by atoms with Crippen molar-refractivity contribution in [3.05, 3.63) is 35.9 Å². The third kappa shape index (κ3) is 7.89. The largest absolute Gasteiger partial charge is 0.461 e. The Morgan fingerprint density at radius 1 is 1.11 bits per heavy atom. The molecule has 28 heavy (non-hydrogen) atoms. The molecule has 0 heterocycles. The van der Waals surface area contributed by atoms with Gasteiger partial charge in [-0.1, -0.05) is 36.8 Å². The lowest BCUT2D eigenvalue weighted by Gasteiger charge is -2.29. The van der Waals surface area contributed by atoms with Gasteiger partial charge in [0.25, 0.3) is 0 Å². The van der Waals surface area contributed by atoms with Crippen molar-refractivity contribution >= 4 is 12.1 Å². The minimum absolute atomic E-state index is 0.0921. The highest BCUT2D eigenvalue weighted by Crippen LogP contribution is 2.21. The standard InChI is InChI=1S/C22H33NO5/c1-16(26-15-17-11-7-5-8-12-17)19(23-21(25)28-22(2,3)4)20(24)27-18-13-9-6-10-14-18/h5,7-8,11-12,16,18-19H,6,9-10,13-15H2,1-4H3,(H,23,25)/t16-,19+/m1/s1. The second-order valence-corrected chi connectivity index (χ2v) is 8.32. The lowest BCUT2D eigenvalue weighted by Crippen LogP contribution is -2.51. The first-order chi connectivity index (χ1) is 13.2. The summed E-state index contributed by atoms with van der Waals surface area (Å²) in [5.74, 6) is -0.474. The molecule has 2 rings (SSSR count). The number of benzene rings is 1. The Morgan fingerprint density at radius 2 is 1.75 bits per heavy atom. The number of carbonyl (C=O) groups is 2. The van der Waals surface area contributed by atoms with Gasteiger partial charge in [0.1, 0.15) is 11.7 Å². The molecule has 1 N–H and O–H groups in total. The molecule has 0 aliphatic heterocycles. The molecular weight excluding hydrogens is 358 g/mol. The SMILES string of the molecule is C[C@@H](OCc1ccccc1)[C@H](NC(=O)OC(C)(C)C)C(=O)OC1CCCCC1. The van der Waals surface area contributed by atoms with E-state index in [2.05, 4.69) is 5.32 Å². The second-order valence-electron chi connectivity index (χ2n) is 8.32. The summed E-state index contributed by atoms with van der Waals surface area (Å²) in [7, 11) is 0. The molecule has 1 saturated carbocycles. The number of esters is 1. The predicted molar refractivity (Wildman–Crippen MR) is 107 cm³/mol. The van der Waals surface area contributed by atoms with E-state index in [-0.39, 0.29) is 6.10 Å². The van der Waals surface area contributed by atoms with E-state index in [0.29, 0.717) is 6.61 Å². The van der Waals surface area contributed by atoms with Gasteiger partial charge in [-0.3, -0.25) is 0 Å². The van der Waals surface area contributed by atoms with Gasteiger partial charge in [-0.25, -0.2) is 9.59 Å². The van der Waals surface area contributed by atoms with E-state index in [4.69, 9.17) is 14.2 Å². The summed E-state index contributed by atoms with van der Waals surface area (Å²) in [5, 5.41) is 2.64. The van der Waals surface area contributed by atoms with Crippen LogP contribution in [0.15, 0.2) is 30.3 Å². The zero-order chi connectivity index (χ0) is 20.6. The van der Waals surface area contributed by atoms with Crippen molar-refractivity contribution < 1.29 is 23.8 Å². The maximum atomic E-state index is 12.8. The van der Waals surface area contributed by atoms with E-state index in [1.807, 2.05) is 30.3 Å². The molecule has 1 aliphatic rings. The minimum Gasteiger partial charge on any atom is -0.461 e. The molecule has 6 nitrogen and oxygen atoms in total. The lowest BCUT2D eigenvalue weighted by molar-refractivity contribution is -0.157. The number of hydrogen-bond donors (Lipinski definition) is 1. The summed E-state index contributed by atoms with van der Waals surface area (Å²) in [6.07, 6.45) is 3.70. The summed E-state index contributed by atoms with van der Waals surface area (Å²) in [5.41, 5.74) is 0.335. The number of rotatable bonds is 7. The molecule has 6 heteroatoms. The number of carbonyl (C=O) groups excluding carboxylic acids is 2. The van der Waals surface area contributed by atoms with Crippen LogP contribution in [0.3, 0.4) is 0 Å². The summed E-state index contributed by atoms with van der Waals surface area (Å²) in [4.78, 5) is 25.0. The summed E-state index contributed by atoms with van der Waals surface area (Å²) in [6, 6.07) is 8.75. The quantitative estimate of drug-likeness (QED) is 0.699. The van der Waals surface area contributed by atoms with Gasteiger partial charge in [0, 0.05) is 0 Å². The number of alkyl carbamates (subject to hydrolysis) is 1. The Bertz CT molecular complexity index is 620. The monoisotopic (exact) mass is 391 g/mol. The second kappa shape index (κ2) is 10.5. The van der Waals surface area contributed by atoms with E-state index < -0.39 is 29.8 Å². The average Bonchev–Trinajstić information content (AvgIpc) is 2.64. The normalized spacial score (nSPS) is 17.4. The van der Waals surface area contributed by atoms with Crippen molar-refractivity contribution in [3.8, 4) is 0 Å². The first-order valence-corrected chi connectivity index (χ1v) is 10.1. The van der Waals surface area contributed by atoms with E-state index in [1.165, 1.54) is 6.42 Å². The van der Waals surface area contributed by atoms with Gasteiger partial charge >= 0.3 is 12.1 Å². The minimum atomic E-state index is -0.930. The lowest BCUT2D eigenvalue weighted by atomic mass is 9.98. The molecule has 1 aromatic rings. The fraction of sp³-hybridized carbons (Fsp3) is 0.636. The summed E-state index contributed by atoms with van der Waals surface area (Å²) >= 11 is 0. The van der Waals surface area contributed by atoms with Crippen LogP contribution in [-0.4, -0.2) is 35.9 Å². The van der Waals surface area contributed by atoms with Crippen LogP contribution in [0.1, 0.15) is 65.4 Å². The van der Waals surface area contributed by atoms with Crippen LogP contribution in [0.25, 0.3) is 0 Å². The van der Waals surface area contributed by atoms with Gasteiger partial charge in [-0.15, -0.1) is 0 Å². The van der Waals surface area contributed by atoms with E-state index >= 15 is 0 Å². The van der Waals surface area contributed by atoms with Gasteiger partial charge in [-0.2, -0.15) is 0 Å². The van der Waals surface area contributed by atoms with Crippen LogP contribution >= 0.6 is 0 Å². The maximum absolute atomic E-state index is 12.8. The fourth-order valence-corrected chi connectivity index (χ4v) is 3.12. The van der Waals surface area contributed by atoms with Crippen molar-refractivity contribution in [2.24, 2.45) is 0 Å². The highest BCUT2D eigenvalue weighted by Gasteiger charge is 2.33. The van der Waals surface area contributed by atoms with Crippen LogP contribution in [0.4, 0.5) is 4.79 Å². The Kier molecular flexibility index (Phi) is 8.30. The summed E-state index contributed by atoms with van der Waals surface area (Å²) < 4.78 is 16.8. The summed E-state index contributed by atoms with van der Waals surface area (Å²) in [6.45, 7) is 7.42. The van der Waals surface area contributed by atoms with Crippen LogP contribution in [0.2, 0.25) is 0 Å². The topological polar surface area (TPSA) is 73.9 Å². The zero-order valence-electron chi connectivity index (χ0n) is 17.4. The molecule has 0 saturated heterocycles. The zero-order valence-corrected chi connectivity index (χ0v) is 17.4. The third-order valence-electron chi connectivity index (χ3n) is 4.59. The molecule has 0 radical (unpaired) electrons. The number of ether oxygens (including phenoxy) is 3. The molecule has 1 aromatic carbocycles. The van der Waals surface area contributed by atoms with Crippen LogP contribution < -0.4 is 5.32 Å². The van der Waals surface area contributed by atoms with E-state index in [9.17, 15) is 9.59 Å². The van der Waals surface area contributed by atoms with Crippen LogP contribution in [0.5, 0.6) is 0 Å². The predicted octanol–water partition coefficient (Wildman–Crippen LogP) is 4.36. The number of nitrogens with one attached hydrogen (secondary N) is 1. The van der Waals surface area contributed by atoms with Crippen LogP contribution in [0, 0.1) is 0 Å². The van der Waals surface area contributed by atoms with Gasteiger partial charge in [0.05, 0.1) is 12.7 Å². The van der Waals surface area contributed by atoms with Crippen LogP contribution in [-0.2, 0) is 25.6 Å². The molecule has 1 fully saturated rings. The van der Waals surface area contributed by atoms with Crippen molar-refractivity contribution in [2.75, 3.05) is 0 Å². The molecule has 1 aliphatic carbocycles. The molecular formula is C22H33NO5. The molecule has 0 unspecified atom stereocenters. The Hall–Kier alpha value is -2.08. The van der Waals surface area contributed by atoms with Gasteiger partial charge < -0.3 is 19.5 Å². The third-order valence-corrected chi connectivity index (χ3v) is 4.59. The highest BCUT2D eigenvalue weighted by molar-refractivity contribution is 5.82. The highest BCUT2D eigenvalue weighted by atomic mass is 16.6. The van der Waals surface area contributed by atoms with Gasteiger partial charge in [0.2, 0.25) is 0 Å². The number of amides is 1. The fourth-order valence-electron chi connectivity index (χ4n) is 3.12. The Labute approximate surface area is 167 Å². The van der Waals surface area contributed by atoms with Crippen molar-refractivity contribution in [2.45, 2.75) is 90.3 Å². The van der Waals surface area contributed by atoms with Crippen molar-refractivity contribution in [1.82, 2.24) is 5.32 Å². The molecule has 0 bridgehead atoms. The van der Waals surface area contributed by atoms with E-state index in [1.54, 1.807) is 27.7 Å².